The summed E-state index contributed by atoms with van der Waals surface area (Å²) in [6.07, 6.45) is 2.82. The minimum Gasteiger partial charge on any atom is -0.378 e. The molecule has 1 aromatic carbocycles. The van der Waals surface area contributed by atoms with Crippen molar-refractivity contribution in [2.45, 2.75) is 25.3 Å². The normalized spacial score (nSPS) is 17.5. The number of carbonyl (C=O) groups is 2. The average Bonchev–Trinajstić information content (AvgIpc) is 3.63. The number of nitrogens with zero attached hydrogens (tertiary/aromatic N) is 3. The Labute approximate surface area is 202 Å². The number of ether oxygens (including phenoxy) is 1. The number of hydrogen-bond acceptors (Lipinski definition) is 6. The Hall–Kier alpha value is -3.23. The van der Waals surface area contributed by atoms with Crippen LogP contribution in [0.15, 0.2) is 48.5 Å². The van der Waals surface area contributed by atoms with Crippen LogP contribution >= 0.6 is 11.3 Å². The fourth-order valence-electron chi connectivity index (χ4n) is 4.55. The zero-order chi connectivity index (χ0) is 23.1. The van der Waals surface area contributed by atoms with Crippen molar-refractivity contribution in [3.8, 4) is 10.4 Å². The molecule has 1 saturated heterocycles. The third-order valence-electron chi connectivity index (χ3n) is 6.52. The first-order valence-corrected chi connectivity index (χ1v) is 12.6. The van der Waals surface area contributed by atoms with Gasteiger partial charge in [-0.15, -0.1) is 11.3 Å². The van der Waals surface area contributed by atoms with Gasteiger partial charge < -0.3 is 19.9 Å². The first-order chi connectivity index (χ1) is 16.7. The second-order valence-electron chi connectivity index (χ2n) is 8.92. The number of benzene rings is 1. The van der Waals surface area contributed by atoms with Crippen molar-refractivity contribution in [1.82, 2.24) is 10.3 Å². The van der Waals surface area contributed by atoms with Crippen molar-refractivity contribution >= 4 is 34.7 Å². The number of carbonyl (C=O) groups excluding carboxylic acids is 2. The molecule has 2 amide bonds. The van der Waals surface area contributed by atoms with Crippen LogP contribution in [-0.4, -0.2) is 55.7 Å². The second kappa shape index (κ2) is 8.85. The summed E-state index contributed by atoms with van der Waals surface area (Å²) in [5.74, 6) is 0.710. The molecule has 7 nitrogen and oxygen atoms in total. The lowest BCUT2D eigenvalue weighted by molar-refractivity contribution is 0.0952. The SMILES string of the molecule is O=C(NC1CC1)c1cc2c(s1)-c1ccccc1N(C(=O)c1cccc(N3CCOCC3)n1)CC2. The molecule has 6 rings (SSSR count). The van der Waals surface area contributed by atoms with Crippen molar-refractivity contribution in [3.05, 3.63) is 64.7 Å². The first kappa shape index (κ1) is 21.3. The van der Waals surface area contributed by atoms with E-state index in [1.165, 1.54) is 11.3 Å². The summed E-state index contributed by atoms with van der Waals surface area (Å²) in [5, 5.41) is 3.09. The van der Waals surface area contributed by atoms with Crippen LogP contribution in [0.4, 0.5) is 11.5 Å². The summed E-state index contributed by atoms with van der Waals surface area (Å²) < 4.78 is 5.45. The van der Waals surface area contributed by atoms with Gasteiger partial charge in [-0.05, 0) is 49.1 Å². The van der Waals surface area contributed by atoms with Gasteiger partial charge in [-0.2, -0.15) is 0 Å². The molecule has 0 bridgehead atoms. The quantitative estimate of drug-likeness (QED) is 0.624. The van der Waals surface area contributed by atoms with Crippen molar-refractivity contribution in [3.63, 3.8) is 0 Å². The molecule has 1 aliphatic carbocycles. The highest BCUT2D eigenvalue weighted by Crippen LogP contribution is 2.42. The molecule has 4 heterocycles. The number of fused-ring (bicyclic) bond motifs is 3. The van der Waals surface area contributed by atoms with Crippen molar-refractivity contribution in [2.24, 2.45) is 0 Å². The molecule has 2 aromatic heterocycles. The number of nitrogens with one attached hydrogen (secondary N) is 1. The maximum Gasteiger partial charge on any atom is 0.276 e. The molecule has 34 heavy (non-hydrogen) atoms. The van der Waals surface area contributed by atoms with Crippen LogP contribution in [0, 0.1) is 0 Å². The van der Waals surface area contributed by atoms with Crippen LogP contribution in [0.3, 0.4) is 0 Å². The monoisotopic (exact) mass is 474 g/mol. The van der Waals surface area contributed by atoms with Gasteiger partial charge >= 0.3 is 0 Å². The van der Waals surface area contributed by atoms with Crippen molar-refractivity contribution in [2.75, 3.05) is 42.6 Å². The Kier molecular flexibility index (Phi) is 5.55. The molecule has 0 unspecified atom stereocenters. The number of para-hydroxylation sites is 1. The molecule has 1 saturated carbocycles. The van der Waals surface area contributed by atoms with E-state index < -0.39 is 0 Å². The number of pyridine rings is 1. The van der Waals surface area contributed by atoms with Gasteiger partial charge in [0.2, 0.25) is 0 Å². The highest BCUT2D eigenvalue weighted by Gasteiger charge is 2.30. The summed E-state index contributed by atoms with van der Waals surface area (Å²) >= 11 is 1.52. The fraction of sp³-hybridized carbons (Fsp3) is 0.346. The minimum absolute atomic E-state index is 0.00937. The molecule has 1 N–H and O–H groups in total. The maximum absolute atomic E-state index is 13.7. The number of thiophene rings is 1. The zero-order valence-corrected chi connectivity index (χ0v) is 19.6. The molecule has 0 radical (unpaired) electrons. The van der Waals surface area contributed by atoms with E-state index in [9.17, 15) is 9.59 Å². The summed E-state index contributed by atoms with van der Waals surface area (Å²) in [6.45, 7) is 3.42. The van der Waals surface area contributed by atoms with E-state index in [-0.39, 0.29) is 11.8 Å². The Morgan fingerprint density at radius 1 is 1.03 bits per heavy atom. The van der Waals surface area contributed by atoms with E-state index in [1.807, 2.05) is 47.4 Å². The summed E-state index contributed by atoms with van der Waals surface area (Å²) in [6, 6.07) is 15.9. The lowest BCUT2D eigenvalue weighted by atomic mass is 10.1. The first-order valence-electron chi connectivity index (χ1n) is 11.8. The van der Waals surface area contributed by atoms with E-state index in [4.69, 9.17) is 9.72 Å². The predicted octanol–water partition coefficient (Wildman–Crippen LogP) is 3.74. The molecule has 3 aliphatic rings. The molecule has 2 fully saturated rings. The Morgan fingerprint density at radius 3 is 2.68 bits per heavy atom. The Bertz CT molecular complexity index is 1250. The van der Waals surface area contributed by atoms with Crippen LogP contribution in [0.5, 0.6) is 0 Å². The van der Waals surface area contributed by atoms with E-state index in [2.05, 4.69) is 10.2 Å². The number of aromatic nitrogens is 1. The van der Waals surface area contributed by atoms with Gasteiger partial charge in [0.15, 0.2) is 0 Å². The van der Waals surface area contributed by atoms with E-state index in [1.54, 1.807) is 6.07 Å². The smallest absolute Gasteiger partial charge is 0.276 e. The number of amides is 2. The fourth-order valence-corrected chi connectivity index (χ4v) is 5.70. The highest BCUT2D eigenvalue weighted by atomic mass is 32.1. The maximum atomic E-state index is 13.7. The zero-order valence-electron chi connectivity index (χ0n) is 18.8. The number of anilines is 2. The molecule has 174 valence electrons. The molecule has 2 aliphatic heterocycles. The summed E-state index contributed by atoms with van der Waals surface area (Å²) in [5.41, 5.74) is 3.40. The third kappa shape index (κ3) is 4.08. The van der Waals surface area contributed by atoms with E-state index >= 15 is 0 Å². The van der Waals surface area contributed by atoms with Gasteiger partial charge in [0.25, 0.3) is 11.8 Å². The summed E-state index contributed by atoms with van der Waals surface area (Å²) in [4.78, 5) is 36.8. The molecule has 0 spiro atoms. The third-order valence-corrected chi connectivity index (χ3v) is 7.73. The van der Waals surface area contributed by atoms with Gasteiger partial charge in [0.1, 0.15) is 11.5 Å². The topological polar surface area (TPSA) is 74.8 Å². The summed E-state index contributed by atoms with van der Waals surface area (Å²) in [7, 11) is 0. The lowest BCUT2D eigenvalue weighted by Gasteiger charge is -2.28. The Morgan fingerprint density at radius 2 is 1.85 bits per heavy atom. The van der Waals surface area contributed by atoms with Crippen molar-refractivity contribution < 1.29 is 14.3 Å². The van der Waals surface area contributed by atoms with Crippen molar-refractivity contribution in [1.29, 1.82) is 0 Å². The van der Waals surface area contributed by atoms with Crippen LogP contribution in [0.1, 0.15) is 38.6 Å². The average molecular weight is 475 g/mol. The van der Waals surface area contributed by atoms with Gasteiger partial charge in [-0.3, -0.25) is 9.59 Å². The van der Waals surface area contributed by atoms with E-state index in [0.717, 1.165) is 58.3 Å². The molecular weight excluding hydrogens is 448 g/mol. The van der Waals surface area contributed by atoms with Gasteiger partial charge in [-0.1, -0.05) is 24.3 Å². The van der Waals surface area contributed by atoms with Gasteiger partial charge in [0, 0.05) is 36.1 Å². The van der Waals surface area contributed by atoms with Gasteiger partial charge in [-0.25, -0.2) is 4.98 Å². The molecular formula is C26H26N4O3S. The molecule has 3 aromatic rings. The molecule has 0 atom stereocenters. The minimum atomic E-state index is -0.107. The highest BCUT2D eigenvalue weighted by molar-refractivity contribution is 7.17. The number of rotatable bonds is 4. The van der Waals surface area contributed by atoms with Crippen LogP contribution in [0.2, 0.25) is 0 Å². The number of hydrogen-bond donors (Lipinski definition) is 1. The standard InChI is InChI=1S/C26H26N4O3S/c31-25(27-18-8-9-18)22-16-17-10-11-30(21-6-2-1-4-19(21)24(17)34-22)26(32)20-5-3-7-23(28-20)29-12-14-33-15-13-29/h1-7,16,18H,8-15H2,(H,27,31). The molecule has 8 heteroatoms. The van der Waals surface area contributed by atoms with Crippen LogP contribution in [0.25, 0.3) is 10.4 Å². The second-order valence-corrected chi connectivity index (χ2v) is 9.97. The van der Waals surface area contributed by atoms with Crippen LogP contribution in [-0.2, 0) is 11.2 Å². The largest absolute Gasteiger partial charge is 0.378 e. The predicted molar refractivity (Wildman–Crippen MR) is 133 cm³/mol. The van der Waals surface area contributed by atoms with Crippen LogP contribution < -0.4 is 15.1 Å². The van der Waals surface area contributed by atoms with E-state index in [0.29, 0.717) is 37.9 Å². The lowest BCUT2D eigenvalue weighted by Crippen LogP contribution is -2.37. The number of morpholine rings is 1. The van der Waals surface area contributed by atoms with Gasteiger partial charge in [0.05, 0.1) is 23.8 Å². The Balaban J connectivity index is 1.31.